The fourth-order valence-electron chi connectivity index (χ4n) is 7.14. The molecule has 47 heavy (non-hydrogen) atoms. The Hall–Kier alpha value is -4.44. The lowest BCUT2D eigenvalue weighted by atomic mass is 9.72. The molecule has 0 fully saturated rings. The summed E-state index contributed by atoms with van der Waals surface area (Å²) in [6, 6.07) is 13.5. The van der Waals surface area contributed by atoms with Crippen LogP contribution in [-0.2, 0) is 27.8 Å². The molecule has 0 aliphatic carbocycles. The number of nitrogens with one attached hydrogen (secondary N) is 2. The number of Topliss-reactive ketones (excluding diaryl/α,β-unsaturated/α-hetero) is 1. The number of benzene rings is 2. The summed E-state index contributed by atoms with van der Waals surface area (Å²) in [6.45, 7) is 11.6. The molecule has 0 saturated heterocycles. The summed E-state index contributed by atoms with van der Waals surface area (Å²) in [4.78, 5) is 37.1. The van der Waals surface area contributed by atoms with Gasteiger partial charge in [0.05, 0.1) is 5.69 Å². The van der Waals surface area contributed by atoms with Crippen molar-refractivity contribution in [1.29, 1.82) is 0 Å². The minimum Gasteiger partial charge on any atom is -0.469 e. The van der Waals surface area contributed by atoms with Gasteiger partial charge in [-0.05, 0) is 53.9 Å². The van der Waals surface area contributed by atoms with Crippen LogP contribution >= 0.6 is 0 Å². The lowest BCUT2D eigenvalue weighted by Crippen LogP contribution is -2.41. The standard InChI is InChI=1S/C37H42N4O6/c1-7-22-18-45-33(38-22)28-31-37-23-10-8-9-11-25(23)39-35(37)46-27-15-13-20(16-24(27)37)12-14-21(17-26(42)29(43)19(2)3)32(44)41-30(36(4,5)6)34(40-28)47-31/h8-11,13,15-16,18-19,21,29-30,35,39,43H,7,12,14,17H2,1-6H3,(H,41,44)/t21-,29+,30-,35?,37+/m1/s1. The van der Waals surface area contributed by atoms with Crippen molar-refractivity contribution in [2.75, 3.05) is 5.32 Å². The third-order valence-corrected chi connectivity index (χ3v) is 9.82. The van der Waals surface area contributed by atoms with E-state index in [1.165, 1.54) is 0 Å². The van der Waals surface area contributed by atoms with Gasteiger partial charge in [-0.3, -0.25) is 9.59 Å². The zero-order valence-electron chi connectivity index (χ0n) is 27.7. The maximum Gasteiger partial charge on any atom is 0.249 e. The number of aryl methyl sites for hydroxylation is 2. The number of aliphatic hydroxyl groups is 1. The minimum atomic E-state index is -1.14. The molecule has 3 aliphatic rings. The second-order valence-electron chi connectivity index (χ2n) is 14.5. The molecule has 7 rings (SSSR count). The molecule has 10 heteroatoms. The summed E-state index contributed by atoms with van der Waals surface area (Å²) in [7, 11) is 0. The Bertz CT molecular complexity index is 1850. The van der Waals surface area contributed by atoms with Gasteiger partial charge in [0.25, 0.3) is 0 Å². The number of fused-ring (bicyclic) bond motifs is 4. The van der Waals surface area contributed by atoms with Crippen LogP contribution in [0.25, 0.3) is 11.6 Å². The lowest BCUT2D eigenvalue weighted by Gasteiger charge is -2.31. The van der Waals surface area contributed by atoms with E-state index in [1.807, 2.05) is 58.0 Å². The smallest absolute Gasteiger partial charge is 0.249 e. The number of carbonyl (C=O) groups is 2. The first-order valence-corrected chi connectivity index (χ1v) is 16.5. The minimum absolute atomic E-state index is 0.0718. The van der Waals surface area contributed by atoms with Gasteiger partial charge in [-0.15, -0.1) is 0 Å². The van der Waals surface area contributed by atoms with Gasteiger partial charge in [0.15, 0.2) is 23.5 Å². The molecule has 3 aliphatic heterocycles. The maximum atomic E-state index is 14.1. The normalized spacial score (nSPS) is 23.8. The predicted molar refractivity (Wildman–Crippen MR) is 175 cm³/mol. The van der Waals surface area contributed by atoms with Gasteiger partial charge >= 0.3 is 0 Å². The van der Waals surface area contributed by atoms with Gasteiger partial charge in [0, 0.05) is 23.6 Å². The molecule has 1 amide bonds. The van der Waals surface area contributed by atoms with Gasteiger partial charge in [-0.25, -0.2) is 9.97 Å². The highest BCUT2D eigenvalue weighted by Crippen LogP contribution is 2.59. The summed E-state index contributed by atoms with van der Waals surface area (Å²) in [5.74, 6) is 0.317. The molecule has 0 radical (unpaired) electrons. The van der Waals surface area contributed by atoms with Gasteiger partial charge in [-0.2, -0.15) is 0 Å². The molecule has 246 valence electrons. The van der Waals surface area contributed by atoms with Crippen LogP contribution in [0.3, 0.4) is 0 Å². The predicted octanol–water partition coefficient (Wildman–Crippen LogP) is 6.11. The number of aromatic nitrogens is 2. The fraction of sp³-hybridized carbons (Fsp3) is 0.459. The van der Waals surface area contributed by atoms with Crippen LogP contribution in [0.5, 0.6) is 5.75 Å². The fourth-order valence-corrected chi connectivity index (χ4v) is 7.14. The largest absolute Gasteiger partial charge is 0.469 e. The molecule has 0 saturated carbocycles. The van der Waals surface area contributed by atoms with E-state index in [9.17, 15) is 14.7 Å². The highest BCUT2D eigenvalue weighted by molar-refractivity contribution is 5.89. The lowest BCUT2D eigenvalue weighted by molar-refractivity contribution is -0.135. The summed E-state index contributed by atoms with van der Waals surface area (Å²) in [6.07, 6.45) is 1.53. The highest BCUT2D eigenvalue weighted by Gasteiger charge is 2.61. The Morgan fingerprint density at radius 1 is 1.11 bits per heavy atom. The van der Waals surface area contributed by atoms with E-state index in [1.54, 1.807) is 20.1 Å². The molecule has 2 aromatic heterocycles. The van der Waals surface area contributed by atoms with Crippen molar-refractivity contribution < 1.29 is 28.3 Å². The van der Waals surface area contributed by atoms with Crippen LogP contribution in [-0.4, -0.2) is 39.1 Å². The third kappa shape index (κ3) is 5.04. The summed E-state index contributed by atoms with van der Waals surface area (Å²) in [5.41, 5.74) is 3.55. The molecule has 5 atom stereocenters. The zero-order chi connectivity index (χ0) is 33.2. The number of oxazole rings is 2. The number of hydrogen-bond donors (Lipinski definition) is 3. The highest BCUT2D eigenvalue weighted by atomic mass is 16.5. The topological polar surface area (TPSA) is 140 Å². The first-order valence-electron chi connectivity index (χ1n) is 16.5. The number of nitrogens with zero attached hydrogens (tertiary/aromatic N) is 2. The SMILES string of the molecule is CCc1coc(-c2nc3oc2[C@@]24c5ccccc5NC2Oc2ccc(cc24)CC[C@H](CC(=O)[C@@H](O)C(C)C)C(=O)N[C@H]3C(C)(C)C)n1. The van der Waals surface area contributed by atoms with E-state index < -0.39 is 35.1 Å². The van der Waals surface area contributed by atoms with Crippen LogP contribution in [0.15, 0.2) is 57.6 Å². The summed E-state index contributed by atoms with van der Waals surface area (Å²) >= 11 is 0. The van der Waals surface area contributed by atoms with Crippen LogP contribution < -0.4 is 15.4 Å². The van der Waals surface area contributed by atoms with E-state index in [0.29, 0.717) is 42.5 Å². The van der Waals surface area contributed by atoms with E-state index in [-0.39, 0.29) is 24.0 Å². The number of rotatable bonds is 6. The first kappa shape index (κ1) is 31.2. The molecule has 4 bridgehead atoms. The molecule has 4 aromatic rings. The molecule has 1 spiro atoms. The molecular formula is C37H42N4O6. The van der Waals surface area contributed by atoms with Crippen molar-refractivity contribution in [1.82, 2.24) is 15.3 Å². The van der Waals surface area contributed by atoms with Crippen molar-refractivity contribution in [2.45, 2.75) is 91.0 Å². The molecule has 2 aromatic carbocycles. The molecular weight excluding hydrogens is 596 g/mol. The Morgan fingerprint density at radius 2 is 1.89 bits per heavy atom. The van der Waals surface area contributed by atoms with Crippen LogP contribution in [0.2, 0.25) is 0 Å². The number of anilines is 1. The maximum absolute atomic E-state index is 14.1. The second kappa shape index (κ2) is 11.4. The Balaban J connectivity index is 1.47. The van der Waals surface area contributed by atoms with Gasteiger partial charge in [0.1, 0.15) is 29.6 Å². The van der Waals surface area contributed by atoms with Crippen molar-refractivity contribution in [2.24, 2.45) is 17.3 Å². The average molecular weight is 639 g/mol. The van der Waals surface area contributed by atoms with Gasteiger partial charge < -0.3 is 29.3 Å². The second-order valence-corrected chi connectivity index (χ2v) is 14.5. The Kier molecular flexibility index (Phi) is 7.54. The number of para-hydroxylation sites is 1. The van der Waals surface area contributed by atoms with Crippen LogP contribution in [0, 0.1) is 17.3 Å². The molecule has 3 N–H and O–H groups in total. The summed E-state index contributed by atoms with van der Waals surface area (Å²) in [5, 5.41) is 17.4. The van der Waals surface area contributed by atoms with Crippen LogP contribution in [0.1, 0.15) is 94.5 Å². The third-order valence-electron chi connectivity index (χ3n) is 9.82. The summed E-state index contributed by atoms with van der Waals surface area (Å²) < 4.78 is 19.6. The van der Waals surface area contributed by atoms with E-state index in [4.69, 9.17) is 23.5 Å². The number of carbonyl (C=O) groups excluding carboxylic acids is 2. The Morgan fingerprint density at radius 3 is 2.62 bits per heavy atom. The monoisotopic (exact) mass is 638 g/mol. The molecule has 10 nitrogen and oxygen atoms in total. The number of ketones is 1. The average Bonchev–Trinajstić information content (AvgIpc) is 3.81. The number of amides is 1. The van der Waals surface area contributed by atoms with Crippen molar-refractivity contribution >= 4 is 17.4 Å². The van der Waals surface area contributed by atoms with Gasteiger partial charge in [-0.1, -0.05) is 71.9 Å². The number of hydrogen-bond acceptors (Lipinski definition) is 9. The van der Waals surface area contributed by atoms with E-state index >= 15 is 0 Å². The van der Waals surface area contributed by atoms with E-state index in [0.717, 1.165) is 33.8 Å². The quantitative estimate of drug-likeness (QED) is 0.228. The Labute approximate surface area is 274 Å². The van der Waals surface area contributed by atoms with Crippen molar-refractivity contribution in [3.05, 3.63) is 82.8 Å². The first-order chi connectivity index (χ1) is 22.4. The number of aliphatic hydroxyl groups excluding tert-OH is 1. The van der Waals surface area contributed by atoms with Crippen molar-refractivity contribution in [3.63, 3.8) is 0 Å². The van der Waals surface area contributed by atoms with E-state index in [2.05, 4.69) is 22.8 Å². The molecule has 1 unspecified atom stereocenters. The zero-order valence-corrected chi connectivity index (χ0v) is 27.7. The van der Waals surface area contributed by atoms with Crippen LogP contribution in [0.4, 0.5) is 5.69 Å². The molecule has 5 heterocycles. The van der Waals surface area contributed by atoms with Gasteiger partial charge in [0.2, 0.25) is 17.7 Å². The van der Waals surface area contributed by atoms with Crippen molar-refractivity contribution in [3.8, 4) is 17.3 Å². The number of ether oxygens (including phenoxy) is 1.